The molecule has 1 unspecified atom stereocenters. The molecule has 3 N–H and O–H groups in total. The monoisotopic (exact) mass is 639 g/mol. The number of amides is 1. The predicted octanol–water partition coefficient (Wildman–Crippen LogP) is 6.16. The molecule has 5 heterocycles. The van der Waals surface area contributed by atoms with Crippen LogP contribution in [0.3, 0.4) is 0 Å². The largest absolute Gasteiger partial charge is 0.487 e. The van der Waals surface area contributed by atoms with Gasteiger partial charge in [-0.1, -0.05) is 0 Å². The highest BCUT2D eigenvalue weighted by molar-refractivity contribution is 6.20. The normalized spacial score (nSPS) is 19.3. The number of pyridine rings is 2. The molecule has 1 aliphatic carbocycles. The van der Waals surface area contributed by atoms with Gasteiger partial charge in [0, 0.05) is 71.5 Å². The van der Waals surface area contributed by atoms with Crippen molar-refractivity contribution in [2.24, 2.45) is 0 Å². The van der Waals surface area contributed by atoms with Gasteiger partial charge < -0.3 is 25.4 Å². The Morgan fingerprint density at radius 2 is 1.98 bits per heavy atom. The van der Waals surface area contributed by atoms with Crippen molar-refractivity contribution in [3.63, 3.8) is 0 Å². The van der Waals surface area contributed by atoms with Crippen molar-refractivity contribution in [1.29, 1.82) is 0 Å². The lowest BCUT2D eigenvalue weighted by molar-refractivity contribution is -0.0964. The number of hydrogen-bond donors (Lipinski definition) is 2. The minimum absolute atomic E-state index is 0.0436. The van der Waals surface area contributed by atoms with E-state index >= 15 is 0 Å². The van der Waals surface area contributed by atoms with Crippen LogP contribution in [0.25, 0.3) is 22.4 Å². The molecule has 0 saturated carbocycles. The highest BCUT2D eigenvalue weighted by Gasteiger charge is 2.31. The van der Waals surface area contributed by atoms with E-state index in [0.29, 0.717) is 48.6 Å². The lowest BCUT2D eigenvalue weighted by Gasteiger charge is -2.23. The van der Waals surface area contributed by atoms with Crippen LogP contribution in [-0.4, -0.2) is 57.1 Å². The number of hydrogen-bond acceptors (Lipinski definition) is 8. The zero-order valence-corrected chi connectivity index (χ0v) is 24.7. The Morgan fingerprint density at radius 3 is 2.69 bits per heavy atom. The molecular formula is C31H29ClF3N7O3. The molecule has 3 aliphatic rings. The Morgan fingerprint density at radius 1 is 1.16 bits per heavy atom. The molecule has 1 amide bonds. The molecule has 2 aliphatic heterocycles. The number of carbonyl (C=O) groups is 1. The summed E-state index contributed by atoms with van der Waals surface area (Å²) in [5.41, 5.74) is 7.72. The van der Waals surface area contributed by atoms with Gasteiger partial charge in [0.25, 0.3) is 5.91 Å². The summed E-state index contributed by atoms with van der Waals surface area (Å²) in [5, 5.41) is 7.57. The molecule has 45 heavy (non-hydrogen) atoms. The van der Waals surface area contributed by atoms with E-state index < -0.39 is 17.6 Å². The molecule has 14 heteroatoms. The average molecular weight is 640 g/mol. The van der Waals surface area contributed by atoms with Crippen molar-refractivity contribution in [3.8, 4) is 28.1 Å². The zero-order valence-electron chi connectivity index (χ0n) is 24.0. The van der Waals surface area contributed by atoms with E-state index in [9.17, 15) is 18.0 Å². The quantitative estimate of drug-likeness (QED) is 0.203. The van der Waals surface area contributed by atoms with Crippen molar-refractivity contribution in [2.45, 2.75) is 50.1 Å². The molecule has 234 valence electrons. The van der Waals surface area contributed by atoms with Crippen LogP contribution < -0.4 is 20.7 Å². The van der Waals surface area contributed by atoms with Gasteiger partial charge in [-0.3, -0.25) is 9.78 Å². The highest BCUT2D eigenvalue weighted by atomic mass is 35.5. The van der Waals surface area contributed by atoms with Crippen LogP contribution in [0.5, 0.6) is 5.75 Å². The number of alkyl halides is 4. The number of carbonyl (C=O) groups excluding carboxylic acids is 1. The van der Waals surface area contributed by atoms with Gasteiger partial charge in [-0.05, 0) is 62.1 Å². The number of aromatic nitrogens is 4. The second kappa shape index (κ2) is 11.5. The van der Waals surface area contributed by atoms with E-state index in [4.69, 9.17) is 32.2 Å². The van der Waals surface area contributed by atoms with Gasteiger partial charge in [0.1, 0.15) is 29.8 Å². The Kier molecular flexibility index (Phi) is 7.52. The molecule has 0 spiro atoms. The summed E-state index contributed by atoms with van der Waals surface area (Å²) in [6, 6.07) is 8.86. The Balaban J connectivity index is 1.22. The third-order valence-corrected chi connectivity index (χ3v) is 8.28. The van der Waals surface area contributed by atoms with Crippen molar-refractivity contribution < 1.29 is 27.4 Å². The first-order valence-electron chi connectivity index (χ1n) is 14.7. The van der Waals surface area contributed by atoms with Gasteiger partial charge in [0.2, 0.25) is 0 Å². The van der Waals surface area contributed by atoms with E-state index in [0.717, 1.165) is 41.8 Å². The van der Waals surface area contributed by atoms with Crippen LogP contribution in [0.2, 0.25) is 0 Å². The van der Waals surface area contributed by atoms with Gasteiger partial charge in [-0.25, -0.2) is 14.1 Å². The van der Waals surface area contributed by atoms with E-state index in [1.165, 1.54) is 24.3 Å². The first-order chi connectivity index (χ1) is 21.6. The highest BCUT2D eigenvalue weighted by Crippen LogP contribution is 2.41. The predicted molar refractivity (Wildman–Crippen MR) is 162 cm³/mol. The second-order valence-electron chi connectivity index (χ2n) is 11.3. The standard InChI is InChI=1S/C31H29ClF3N7O3/c32-31(34,35)45-21-6-4-20(5-7-21)38-30(43)24-13-22(29(39-28(24)36)41-9-8-19(33)16-41)17-11-23-25(37-14-17)12-18-15-42(40-27(18)23)26-3-1-2-10-44-26/h4-7,11,13-15,19,26H,1-3,8-10,12,16H2,(H2,36,39)(H,38,43)/t19-,26?/m1/s1. The van der Waals surface area contributed by atoms with Crippen LogP contribution in [-0.2, 0) is 11.2 Å². The van der Waals surface area contributed by atoms with E-state index in [-0.39, 0.29) is 29.9 Å². The number of halogens is 4. The summed E-state index contributed by atoms with van der Waals surface area (Å²) in [6.07, 6.45) is 6.67. The number of ether oxygens (including phenoxy) is 2. The zero-order chi connectivity index (χ0) is 31.3. The van der Waals surface area contributed by atoms with Crippen LogP contribution in [0, 0.1) is 0 Å². The van der Waals surface area contributed by atoms with Crippen LogP contribution >= 0.6 is 11.6 Å². The maximum absolute atomic E-state index is 14.3. The van der Waals surface area contributed by atoms with Crippen molar-refractivity contribution in [1.82, 2.24) is 19.7 Å². The molecule has 1 aromatic carbocycles. The Bertz CT molecular complexity index is 1760. The third kappa shape index (κ3) is 6.01. The lowest BCUT2D eigenvalue weighted by atomic mass is 10.0. The Labute approximate surface area is 261 Å². The van der Waals surface area contributed by atoms with Gasteiger partial charge in [-0.15, -0.1) is 8.78 Å². The van der Waals surface area contributed by atoms with E-state index in [1.807, 2.05) is 21.8 Å². The van der Waals surface area contributed by atoms with Crippen molar-refractivity contribution in [3.05, 3.63) is 65.6 Å². The number of fused-ring (bicyclic) bond motifs is 3. The molecule has 2 saturated heterocycles. The van der Waals surface area contributed by atoms with E-state index in [1.54, 1.807) is 12.3 Å². The SMILES string of the molecule is Nc1nc(N2CC[C@@H](F)C2)c(-c2cnc3c(c2)-c2nn(C4CCCCO4)cc2C3)cc1C(=O)Nc1ccc(OC(F)(F)Cl)cc1. The fourth-order valence-electron chi connectivity index (χ4n) is 6.03. The summed E-state index contributed by atoms with van der Waals surface area (Å²) in [6.45, 7) is 1.30. The fraction of sp³-hybridized carbons (Fsp3) is 0.355. The average Bonchev–Trinajstić information content (AvgIpc) is 3.72. The first-order valence-corrected chi connectivity index (χ1v) is 15.0. The number of benzene rings is 1. The minimum atomic E-state index is -3.86. The van der Waals surface area contributed by atoms with Crippen LogP contribution in [0.1, 0.15) is 53.5 Å². The molecule has 0 bridgehead atoms. The molecule has 3 aromatic heterocycles. The molecular weight excluding hydrogens is 611 g/mol. The topological polar surface area (TPSA) is 120 Å². The third-order valence-electron chi connectivity index (χ3n) is 8.21. The molecule has 2 fully saturated rings. The van der Waals surface area contributed by atoms with Crippen LogP contribution in [0.15, 0.2) is 48.8 Å². The summed E-state index contributed by atoms with van der Waals surface area (Å²) in [4.78, 5) is 24.5. The van der Waals surface area contributed by atoms with Crippen molar-refractivity contribution >= 4 is 34.8 Å². The summed E-state index contributed by atoms with van der Waals surface area (Å²) in [5.74, 6) is -0.343. The van der Waals surface area contributed by atoms with Gasteiger partial charge in [0.15, 0.2) is 0 Å². The van der Waals surface area contributed by atoms with Gasteiger partial charge in [0.05, 0.1) is 23.5 Å². The number of nitrogens with one attached hydrogen (secondary N) is 1. The number of anilines is 3. The maximum Gasteiger partial charge on any atom is 0.487 e. The summed E-state index contributed by atoms with van der Waals surface area (Å²) >= 11 is 4.83. The Hall–Kier alpha value is -4.36. The van der Waals surface area contributed by atoms with Gasteiger partial charge in [-0.2, -0.15) is 5.10 Å². The molecule has 10 nitrogen and oxygen atoms in total. The number of nitrogens with zero attached hydrogens (tertiary/aromatic N) is 5. The van der Waals surface area contributed by atoms with Gasteiger partial charge >= 0.3 is 5.57 Å². The molecule has 2 atom stereocenters. The maximum atomic E-state index is 14.3. The second-order valence-corrected chi connectivity index (χ2v) is 11.8. The van der Waals surface area contributed by atoms with Crippen molar-refractivity contribution in [2.75, 3.05) is 35.6 Å². The minimum Gasteiger partial charge on any atom is -0.420 e. The summed E-state index contributed by atoms with van der Waals surface area (Å²) in [7, 11) is 0. The summed E-state index contributed by atoms with van der Waals surface area (Å²) < 4.78 is 52.4. The van der Waals surface area contributed by atoms with E-state index in [2.05, 4.69) is 15.0 Å². The first kappa shape index (κ1) is 29.4. The number of rotatable bonds is 7. The lowest BCUT2D eigenvalue weighted by Crippen LogP contribution is -2.24. The van der Waals surface area contributed by atoms with Crippen LogP contribution in [0.4, 0.5) is 30.5 Å². The molecule has 0 radical (unpaired) electrons. The number of nitrogens with two attached hydrogens (primary N) is 1. The molecule has 4 aromatic rings. The fourth-order valence-corrected chi connectivity index (χ4v) is 6.12. The smallest absolute Gasteiger partial charge is 0.420 e. The molecule has 7 rings (SSSR count). The number of nitrogen functional groups attached to an aromatic ring is 1.